The second kappa shape index (κ2) is 8.18. The molecule has 3 nitrogen and oxygen atoms in total. The van der Waals surface area contributed by atoms with E-state index in [0.717, 1.165) is 12.2 Å². The highest BCUT2D eigenvalue weighted by Crippen LogP contribution is 2.26. The summed E-state index contributed by atoms with van der Waals surface area (Å²) in [6.45, 7) is 5.15. The van der Waals surface area contributed by atoms with Gasteiger partial charge in [0.05, 0.1) is 0 Å². The van der Waals surface area contributed by atoms with Gasteiger partial charge >= 0.3 is 0 Å². The summed E-state index contributed by atoms with van der Waals surface area (Å²) in [4.78, 5) is 12.1. The summed E-state index contributed by atoms with van der Waals surface area (Å²) >= 11 is 0. The fourth-order valence-corrected chi connectivity index (χ4v) is 2.89. The first-order chi connectivity index (χ1) is 10.1. The number of nitrogens with one attached hydrogen (secondary N) is 2. The second-order valence-corrected chi connectivity index (χ2v) is 6.49. The van der Waals surface area contributed by atoms with Crippen LogP contribution in [0.2, 0.25) is 0 Å². The van der Waals surface area contributed by atoms with Crippen molar-refractivity contribution in [2.24, 2.45) is 5.92 Å². The SMILES string of the molecule is CC(C)NCc1ccc(NC(=O)CC2CCCCC2)cc1. The van der Waals surface area contributed by atoms with Crippen LogP contribution in [0.25, 0.3) is 0 Å². The molecule has 0 spiro atoms. The van der Waals surface area contributed by atoms with Crippen LogP contribution in [-0.2, 0) is 11.3 Å². The average Bonchev–Trinajstić information content (AvgIpc) is 2.47. The average molecular weight is 288 g/mol. The molecule has 1 aromatic rings. The van der Waals surface area contributed by atoms with Gasteiger partial charge in [0.2, 0.25) is 5.91 Å². The third kappa shape index (κ3) is 5.88. The molecule has 1 amide bonds. The van der Waals surface area contributed by atoms with Gasteiger partial charge < -0.3 is 10.6 Å². The van der Waals surface area contributed by atoms with E-state index in [1.165, 1.54) is 37.7 Å². The Morgan fingerprint density at radius 3 is 2.43 bits per heavy atom. The third-order valence-electron chi connectivity index (χ3n) is 4.15. The van der Waals surface area contributed by atoms with E-state index in [1.807, 2.05) is 12.1 Å². The molecule has 0 saturated heterocycles. The lowest BCUT2D eigenvalue weighted by atomic mass is 9.87. The summed E-state index contributed by atoms with van der Waals surface area (Å²) in [5, 5.41) is 6.41. The lowest BCUT2D eigenvalue weighted by Crippen LogP contribution is -2.21. The molecular formula is C18H28N2O. The van der Waals surface area contributed by atoms with Crippen LogP contribution in [0.5, 0.6) is 0 Å². The van der Waals surface area contributed by atoms with Gasteiger partial charge in [-0.05, 0) is 36.5 Å². The molecule has 1 saturated carbocycles. The number of hydrogen-bond acceptors (Lipinski definition) is 2. The van der Waals surface area contributed by atoms with Crippen LogP contribution >= 0.6 is 0 Å². The molecule has 0 heterocycles. The molecule has 3 heteroatoms. The Bertz CT molecular complexity index is 433. The lowest BCUT2D eigenvalue weighted by Gasteiger charge is -2.20. The molecule has 1 aliphatic rings. The van der Waals surface area contributed by atoms with Crippen molar-refractivity contribution < 1.29 is 4.79 Å². The van der Waals surface area contributed by atoms with Crippen molar-refractivity contribution >= 4 is 11.6 Å². The van der Waals surface area contributed by atoms with E-state index in [4.69, 9.17) is 0 Å². The van der Waals surface area contributed by atoms with Gasteiger partial charge in [-0.1, -0.05) is 45.2 Å². The van der Waals surface area contributed by atoms with Crippen molar-refractivity contribution in [2.45, 2.75) is 65.0 Å². The summed E-state index contributed by atoms with van der Waals surface area (Å²) in [5.74, 6) is 0.753. The number of hydrogen-bond donors (Lipinski definition) is 2. The normalized spacial score (nSPS) is 16.1. The number of carbonyl (C=O) groups is 1. The molecule has 0 radical (unpaired) electrons. The molecule has 116 valence electrons. The van der Waals surface area contributed by atoms with E-state index >= 15 is 0 Å². The molecule has 2 N–H and O–H groups in total. The first-order valence-electron chi connectivity index (χ1n) is 8.25. The standard InChI is InChI=1S/C18H28N2O/c1-14(2)19-13-16-8-10-17(11-9-16)20-18(21)12-15-6-4-3-5-7-15/h8-11,14-15,19H,3-7,12-13H2,1-2H3,(H,20,21). The number of anilines is 1. The summed E-state index contributed by atoms with van der Waals surface area (Å²) in [5.41, 5.74) is 2.15. The molecule has 1 aromatic carbocycles. The minimum absolute atomic E-state index is 0.162. The molecule has 1 aliphatic carbocycles. The lowest BCUT2D eigenvalue weighted by molar-refractivity contribution is -0.117. The van der Waals surface area contributed by atoms with Crippen LogP contribution in [-0.4, -0.2) is 11.9 Å². The molecule has 0 aromatic heterocycles. The van der Waals surface area contributed by atoms with Crippen LogP contribution in [0, 0.1) is 5.92 Å². The first kappa shape index (κ1) is 16.0. The maximum Gasteiger partial charge on any atom is 0.224 e. The molecule has 0 bridgehead atoms. The van der Waals surface area contributed by atoms with E-state index in [2.05, 4.69) is 36.6 Å². The monoisotopic (exact) mass is 288 g/mol. The second-order valence-electron chi connectivity index (χ2n) is 6.49. The van der Waals surface area contributed by atoms with E-state index < -0.39 is 0 Å². The van der Waals surface area contributed by atoms with Gasteiger partial charge in [0, 0.05) is 24.7 Å². The summed E-state index contributed by atoms with van der Waals surface area (Å²) in [7, 11) is 0. The summed E-state index contributed by atoms with van der Waals surface area (Å²) in [6.07, 6.45) is 7.02. The number of amides is 1. The Morgan fingerprint density at radius 1 is 1.14 bits per heavy atom. The minimum Gasteiger partial charge on any atom is -0.326 e. The fraction of sp³-hybridized carbons (Fsp3) is 0.611. The van der Waals surface area contributed by atoms with Crippen molar-refractivity contribution in [3.63, 3.8) is 0 Å². The van der Waals surface area contributed by atoms with Gasteiger partial charge in [-0.3, -0.25) is 4.79 Å². The van der Waals surface area contributed by atoms with Crippen molar-refractivity contribution in [2.75, 3.05) is 5.32 Å². The van der Waals surface area contributed by atoms with E-state index in [1.54, 1.807) is 0 Å². The highest BCUT2D eigenvalue weighted by Gasteiger charge is 2.16. The van der Waals surface area contributed by atoms with E-state index in [-0.39, 0.29) is 5.91 Å². The van der Waals surface area contributed by atoms with Gasteiger partial charge in [0.1, 0.15) is 0 Å². The smallest absolute Gasteiger partial charge is 0.224 e. The predicted molar refractivity (Wildman–Crippen MR) is 88.2 cm³/mol. The van der Waals surface area contributed by atoms with Crippen LogP contribution in [0.1, 0.15) is 57.9 Å². The van der Waals surface area contributed by atoms with Crippen molar-refractivity contribution in [3.05, 3.63) is 29.8 Å². The van der Waals surface area contributed by atoms with Gasteiger partial charge in [0.25, 0.3) is 0 Å². The van der Waals surface area contributed by atoms with Gasteiger partial charge in [0.15, 0.2) is 0 Å². The maximum absolute atomic E-state index is 12.1. The maximum atomic E-state index is 12.1. The first-order valence-corrected chi connectivity index (χ1v) is 8.25. The predicted octanol–water partition coefficient (Wildman–Crippen LogP) is 4.09. The zero-order chi connectivity index (χ0) is 15.1. The van der Waals surface area contributed by atoms with Crippen LogP contribution in [0.15, 0.2) is 24.3 Å². The van der Waals surface area contributed by atoms with Crippen LogP contribution < -0.4 is 10.6 Å². The Morgan fingerprint density at radius 2 is 1.81 bits per heavy atom. The van der Waals surface area contributed by atoms with E-state index in [9.17, 15) is 4.79 Å². The van der Waals surface area contributed by atoms with Gasteiger partial charge in [-0.2, -0.15) is 0 Å². The quantitative estimate of drug-likeness (QED) is 0.827. The fourth-order valence-electron chi connectivity index (χ4n) is 2.89. The molecule has 0 aliphatic heterocycles. The minimum atomic E-state index is 0.162. The molecule has 0 unspecified atom stereocenters. The molecule has 0 atom stereocenters. The topological polar surface area (TPSA) is 41.1 Å². The van der Waals surface area contributed by atoms with Gasteiger partial charge in [-0.15, -0.1) is 0 Å². The van der Waals surface area contributed by atoms with Crippen molar-refractivity contribution in [3.8, 4) is 0 Å². The summed E-state index contributed by atoms with van der Waals surface area (Å²) < 4.78 is 0. The Kier molecular flexibility index (Phi) is 6.24. The highest BCUT2D eigenvalue weighted by molar-refractivity contribution is 5.90. The van der Waals surface area contributed by atoms with Crippen LogP contribution in [0.4, 0.5) is 5.69 Å². The zero-order valence-electron chi connectivity index (χ0n) is 13.3. The van der Waals surface area contributed by atoms with Gasteiger partial charge in [-0.25, -0.2) is 0 Å². The summed E-state index contributed by atoms with van der Waals surface area (Å²) in [6, 6.07) is 8.63. The van der Waals surface area contributed by atoms with E-state index in [0.29, 0.717) is 18.4 Å². The largest absolute Gasteiger partial charge is 0.326 e. The Balaban J connectivity index is 1.77. The number of carbonyl (C=O) groups excluding carboxylic acids is 1. The highest BCUT2D eigenvalue weighted by atomic mass is 16.1. The Hall–Kier alpha value is -1.35. The van der Waals surface area contributed by atoms with Crippen molar-refractivity contribution in [1.82, 2.24) is 5.32 Å². The Labute approximate surface area is 128 Å². The number of benzene rings is 1. The molecule has 2 rings (SSSR count). The number of rotatable bonds is 6. The van der Waals surface area contributed by atoms with Crippen LogP contribution in [0.3, 0.4) is 0 Å². The molecule has 1 fully saturated rings. The molecule has 21 heavy (non-hydrogen) atoms. The third-order valence-corrected chi connectivity index (χ3v) is 4.15. The van der Waals surface area contributed by atoms with Crippen molar-refractivity contribution in [1.29, 1.82) is 0 Å². The zero-order valence-corrected chi connectivity index (χ0v) is 13.3. The molecular weight excluding hydrogens is 260 g/mol.